The maximum absolute atomic E-state index is 11.8. The van der Waals surface area contributed by atoms with Gasteiger partial charge in [0, 0.05) is 17.0 Å². The molecule has 3 rings (SSSR count). The number of phenols is 2. The first-order chi connectivity index (χ1) is 8.16. The van der Waals surface area contributed by atoms with Gasteiger partial charge in [0.25, 0.3) is 0 Å². The minimum atomic E-state index is -0.322. The van der Waals surface area contributed by atoms with Gasteiger partial charge in [-0.1, -0.05) is 0 Å². The standard InChI is InChI=1S/C13H12O4/c14-10-5-9-7-3-1-2-4-8(7)13(16)17-12(9)6-11(10)15/h5-6,14-15H,1-4H2. The van der Waals surface area contributed by atoms with Gasteiger partial charge < -0.3 is 14.6 Å². The summed E-state index contributed by atoms with van der Waals surface area (Å²) in [6, 6.07) is 2.76. The van der Waals surface area contributed by atoms with Gasteiger partial charge in [-0.2, -0.15) is 0 Å². The van der Waals surface area contributed by atoms with Gasteiger partial charge in [0.05, 0.1) is 0 Å². The van der Waals surface area contributed by atoms with Crippen LogP contribution < -0.4 is 5.63 Å². The largest absolute Gasteiger partial charge is 0.504 e. The average Bonchev–Trinajstić information content (AvgIpc) is 2.32. The molecule has 1 aliphatic carbocycles. The second-order valence-corrected chi connectivity index (χ2v) is 4.39. The highest BCUT2D eigenvalue weighted by molar-refractivity contribution is 5.84. The molecule has 0 saturated heterocycles. The van der Waals surface area contributed by atoms with E-state index in [4.69, 9.17) is 4.42 Å². The summed E-state index contributed by atoms with van der Waals surface area (Å²) in [5, 5.41) is 19.6. The van der Waals surface area contributed by atoms with Gasteiger partial charge in [-0.05, 0) is 37.3 Å². The van der Waals surface area contributed by atoms with E-state index in [0.717, 1.165) is 36.6 Å². The van der Waals surface area contributed by atoms with Crippen molar-refractivity contribution in [2.45, 2.75) is 25.7 Å². The molecule has 0 bridgehead atoms. The van der Waals surface area contributed by atoms with Gasteiger partial charge in [-0.3, -0.25) is 0 Å². The Morgan fingerprint density at radius 1 is 1.00 bits per heavy atom. The van der Waals surface area contributed by atoms with Crippen molar-refractivity contribution in [2.75, 3.05) is 0 Å². The van der Waals surface area contributed by atoms with Crippen molar-refractivity contribution in [3.05, 3.63) is 33.7 Å². The summed E-state index contributed by atoms with van der Waals surface area (Å²) in [7, 11) is 0. The van der Waals surface area contributed by atoms with E-state index in [-0.39, 0.29) is 17.1 Å². The molecular weight excluding hydrogens is 220 g/mol. The fourth-order valence-electron chi connectivity index (χ4n) is 2.47. The fourth-order valence-corrected chi connectivity index (χ4v) is 2.47. The van der Waals surface area contributed by atoms with Crippen molar-refractivity contribution in [1.82, 2.24) is 0 Å². The van der Waals surface area contributed by atoms with Crippen molar-refractivity contribution >= 4 is 11.0 Å². The van der Waals surface area contributed by atoms with E-state index in [9.17, 15) is 15.0 Å². The predicted molar refractivity (Wildman–Crippen MR) is 62.5 cm³/mol. The Hall–Kier alpha value is -1.97. The number of aryl methyl sites for hydroxylation is 1. The van der Waals surface area contributed by atoms with Gasteiger partial charge in [-0.25, -0.2) is 4.79 Å². The molecule has 17 heavy (non-hydrogen) atoms. The summed E-state index contributed by atoms with van der Waals surface area (Å²) < 4.78 is 5.17. The number of hydrogen-bond acceptors (Lipinski definition) is 4. The number of benzene rings is 1. The third-order valence-electron chi connectivity index (χ3n) is 3.32. The first kappa shape index (κ1) is 10.2. The summed E-state index contributed by atoms with van der Waals surface area (Å²) in [5.74, 6) is -0.449. The van der Waals surface area contributed by atoms with Crippen LogP contribution in [-0.4, -0.2) is 10.2 Å². The zero-order chi connectivity index (χ0) is 12.0. The number of phenolic OH excluding ortho intramolecular Hbond substituents is 2. The zero-order valence-electron chi connectivity index (χ0n) is 9.19. The first-order valence-electron chi connectivity index (χ1n) is 5.67. The molecule has 0 amide bonds. The normalized spacial score (nSPS) is 14.8. The lowest BCUT2D eigenvalue weighted by atomic mass is 9.90. The molecule has 0 atom stereocenters. The lowest BCUT2D eigenvalue weighted by molar-refractivity contribution is 0.403. The lowest BCUT2D eigenvalue weighted by Gasteiger charge is -2.16. The van der Waals surface area contributed by atoms with Crippen molar-refractivity contribution in [2.24, 2.45) is 0 Å². The van der Waals surface area contributed by atoms with Crippen LogP contribution in [0.3, 0.4) is 0 Å². The van der Waals surface area contributed by atoms with Crippen LogP contribution in [0.1, 0.15) is 24.0 Å². The monoisotopic (exact) mass is 232 g/mol. The number of hydrogen-bond donors (Lipinski definition) is 2. The number of rotatable bonds is 0. The Morgan fingerprint density at radius 3 is 2.41 bits per heavy atom. The molecule has 0 unspecified atom stereocenters. The Balaban J connectivity index is 2.43. The van der Waals surface area contributed by atoms with E-state index < -0.39 is 0 Å². The molecule has 0 spiro atoms. The number of aromatic hydroxyl groups is 2. The molecule has 4 nitrogen and oxygen atoms in total. The smallest absolute Gasteiger partial charge is 0.339 e. The highest BCUT2D eigenvalue weighted by Crippen LogP contribution is 2.34. The van der Waals surface area contributed by atoms with E-state index in [2.05, 4.69) is 0 Å². The minimum absolute atomic E-state index is 0.181. The van der Waals surface area contributed by atoms with E-state index in [1.165, 1.54) is 12.1 Å². The molecule has 1 aromatic heterocycles. The van der Waals surface area contributed by atoms with E-state index in [1.54, 1.807) is 0 Å². The van der Waals surface area contributed by atoms with Gasteiger partial charge in [0.15, 0.2) is 11.5 Å². The summed E-state index contributed by atoms with van der Waals surface area (Å²) in [5.41, 5.74) is 1.69. The first-order valence-corrected chi connectivity index (χ1v) is 5.67. The highest BCUT2D eigenvalue weighted by Gasteiger charge is 2.19. The van der Waals surface area contributed by atoms with Crippen LogP contribution in [0.4, 0.5) is 0 Å². The van der Waals surface area contributed by atoms with Gasteiger partial charge >= 0.3 is 5.63 Å². The summed E-state index contributed by atoms with van der Waals surface area (Å²) in [4.78, 5) is 11.8. The van der Waals surface area contributed by atoms with Gasteiger partial charge in [0.1, 0.15) is 5.58 Å². The summed E-state index contributed by atoms with van der Waals surface area (Å²) in [6.07, 6.45) is 3.58. The zero-order valence-corrected chi connectivity index (χ0v) is 9.19. The maximum atomic E-state index is 11.8. The molecule has 1 heterocycles. The second kappa shape index (κ2) is 3.52. The van der Waals surface area contributed by atoms with Gasteiger partial charge in [-0.15, -0.1) is 0 Å². The molecule has 0 radical (unpaired) electrons. The van der Waals surface area contributed by atoms with Crippen LogP contribution in [0, 0.1) is 0 Å². The maximum Gasteiger partial charge on any atom is 0.339 e. The lowest BCUT2D eigenvalue weighted by Crippen LogP contribution is -2.15. The molecule has 2 aromatic rings. The van der Waals surface area contributed by atoms with Crippen molar-refractivity contribution in [3.63, 3.8) is 0 Å². The van der Waals surface area contributed by atoms with Crippen LogP contribution in [0.25, 0.3) is 11.0 Å². The van der Waals surface area contributed by atoms with Crippen LogP contribution in [0.15, 0.2) is 21.3 Å². The molecule has 2 N–H and O–H groups in total. The molecular formula is C13H12O4. The quantitative estimate of drug-likeness (QED) is 0.539. The third kappa shape index (κ3) is 1.48. The highest BCUT2D eigenvalue weighted by atomic mass is 16.4. The Labute approximate surface area is 97.1 Å². The van der Waals surface area contributed by atoms with Crippen LogP contribution >= 0.6 is 0 Å². The molecule has 0 aliphatic heterocycles. The van der Waals surface area contributed by atoms with Crippen LogP contribution in [-0.2, 0) is 12.8 Å². The molecule has 4 heteroatoms. The van der Waals surface area contributed by atoms with E-state index in [0.29, 0.717) is 11.1 Å². The third-order valence-corrected chi connectivity index (χ3v) is 3.32. The minimum Gasteiger partial charge on any atom is -0.504 e. The molecule has 0 saturated carbocycles. The Kier molecular flexibility index (Phi) is 2.11. The topological polar surface area (TPSA) is 70.7 Å². The van der Waals surface area contributed by atoms with E-state index >= 15 is 0 Å². The molecule has 1 aliphatic rings. The SMILES string of the molecule is O=c1oc2cc(O)c(O)cc2c2c1CCCC2. The van der Waals surface area contributed by atoms with Crippen LogP contribution in [0.5, 0.6) is 11.5 Å². The number of fused-ring (bicyclic) bond motifs is 3. The fraction of sp³-hybridized carbons (Fsp3) is 0.308. The second-order valence-electron chi connectivity index (χ2n) is 4.39. The van der Waals surface area contributed by atoms with Crippen molar-refractivity contribution < 1.29 is 14.6 Å². The molecule has 0 fully saturated rings. The predicted octanol–water partition coefficient (Wildman–Crippen LogP) is 2.08. The Bertz CT molecular complexity index is 654. The average molecular weight is 232 g/mol. The van der Waals surface area contributed by atoms with Gasteiger partial charge in [0.2, 0.25) is 0 Å². The van der Waals surface area contributed by atoms with Crippen molar-refractivity contribution in [1.29, 1.82) is 0 Å². The van der Waals surface area contributed by atoms with E-state index in [1.807, 2.05) is 0 Å². The molecule has 88 valence electrons. The summed E-state index contributed by atoms with van der Waals surface area (Å²) >= 11 is 0. The van der Waals surface area contributed by atoms with Crippen molar-refractivity contribution in [3.8, 4) is 11.5 Å². The van der Waals surface area contributed by atoms with Crippen LogP contribution in [0.2, 0.25) is 0 Å². The Morgan fingerprint density at radius 2 is 1.65 bits per heavy atom. The molecule has 1 aromatic carbocycles. The summed E-state index contributed by atoms with van der Waals surface area (Å²) in [6.45, 7) is 0.